The number of nitrogens with one attached hydrogen (secondary N) is 1. The van der Waals surface area contributed by atoms with E-state index in [1.54, 1.807) is 6.21 Å². The van der Waals surface area contributed by atoms with E-state index in [0.29, 0.717) is 22.1 Å². The van der Waals surface area contributed by atoms with Crippen LogP contribution in [0.25, 0.3) is 0 Å². The number of carbonyl (C=O) groups excluding carboxylic acids is 1. The van der Waals surface area contributed by atoms with Crippen molar-refractivity contribution in [1.29, 1.82) is 0 Å². The molecule has 0 saturated carbocycles. The van der Waals surface area contributed by atoms with Crippen LogP contribution >= 0.6 is 11.3 Å². The van der Waals surface area contributed by atoms with Gasteiger partial charge in [-0.25, -0.2) is 10.4 Å². The number of amides is 1. The Balaban J connectivity index is 2.05. The van der Waals surface area contributed by atoms with Crippen molar-refractivity contribution in [2.75, 3.05) is 5.73 Å². The summed E-state index contributed by atoms with van der Waals surface area (Å²) >= 11 is 1.18. The number of hydrazone groups is 1. The summed E-state index contributed by atoms with van der Waals surface area (Å²) in [4.78, 5) is 16.6. The number of nitrogens with zero attached hydrogens (tertiary/aromatic N) is 2. The van der Waals surface area contributed by atoms with E-state index in [0.717, 1.165) is 11.1 Å². The first-order valence-corrected chi connectivity index (χ1v) is 7.07. The van der Waals surface area contributed by atoms with E-state index in [2.05, 4.69) is 15.5 Å². The lowest BCUT2D eigenvalue weighted by Crippen LogP contribution is -2.17. The first-order chi connectivity index (χ1) is 9.60. The first-order valence-electron chi connectivity index (χ1n) is 6.25. The standard InChI is InChI=1S/C14H16N4OS/c1-3-11-12(20-14(15)17-11)13(19)18-16-8-10-6-4-5-9(2)7-10/h4-8H,3H2,1-2H3,(H2,15,17)(H,18,19)/b16-8+. The van der Waals surface area contributed by atoms with Gasteiger partial charge in [0.05, 0.1) is 11.9 Å². The molecule has 5 nitrogen and oxygen atoms in total. The van der Waals surface area contributed by atoms with Gasteiger partial charge in [-0.05, 0) is 18.9 Å². The fourth-order valence-electron chi connectivity index (χ4n) is 1.75. The van der Waals surface area contributed by atoms with E-state index >= 15 is 0 Å². The number of carbonyl (C=O) groups is 1. The Morgan fingerprint density at radius 1 is 1.55 bits per heavy atom. The molecule has 104 valence electrons. The lowest BCUT2D eigenvalue weighted by atomic mass is 10.2. The summed E-state index contributed by atoms with van der Waals surface area (Å²) < 4.78 is 0. The highest BCUT2D eigenvalue weighted by molar-refractivity contribution is 7.17. The second kappa shape index (κ2) is 6.29. The minimum absolute atomic E-state index is 0.278. The van der Waals surface area contributed by atoms with E-state index in [9.17, 15) is 4.79 Å². The molecular formula is C14H16N4OS. The van der Waals surface area contributed by atoms with Crippen molar-refractivity contribution < 1.29 is 4.79 Å². The smallest absolute Gasteiger partial charge is 0.283 e. The summed E-state index contributed by atoms with van der Waals surface area (Å²) in [5.74, 6) is -0.278. The van der Waals surface area contributed by atoms with Crippen LogP contribution < -0.4 is 11.2 Å². The Labute approximate surface area is 121 Å². The number of rotatable bonds is 4. The van der Waals surface area contributed by atoms with E-state index in [4.69, 9.17) is 5.73 Å². The molecule has 0 unspecified atom stereocenters. The number of nitrogens with two attached hydrogens (primary N) is 1. The highest BCUT2D eigenvalue weighted by atomic mass is 32.1. The highest BCUT2D eigenvalue weighted by Gasteiger charge is 2.15. The average molecular weight is 288 g/mol. The Kier molecular flexibility index (Phi) is 4.47. The third-order valence-corrected chi connectivity index (χ3v) is 3.60. The molecule has 0 aliphatic rings. The minimum atomic E-state index is -0.278. The topological polar surface area (TPSA) is 80.4 Å². The van der Waals surface area contributed by atoms with Crippen molar-refractivity contribution in [3.63, 3.8) is 0 Å². The summed E-state index contributed by atoms with van der Waals surface area (Å²) in [6.45, 7) is 3.94. The summed E-state index contributed by atoms with van der Waals surface area (Å²) in [7, 11) is 0. The molecule has 0 aliphatic carbocycles. The van der Waals surface area contributed by atoms with Crippen LogP contribution in [0.3, 0.4) is 0 Å². The average Bonchev–Trinajstić information content (AvgIpc) is 2.80. The predicted octanol–water partition coefficient (Wildman–Crippen LogP) is 2.36. The van der Waals surface area contributed by atoms with Crippen LogP contribution in [0.5, 0.6) is 0 Å². The Hall–Kier alpha value is -2.21. The quantitative estimate of drug-likeness (QED) is 0.669. The molecule has 1 heterocycles. The fraction of sp³-hybridized carbons (Fsp3) is 0.214. The third-order valence-electron chi connectivity index (χ3n) is 2.68. The minimum Gasteiger partial charge on any atom is -0.375 e. The SMILES string of the molecule is CCc1nc(N)sc1C(=O)N/N=C/c1cccc(C)c1. The number of hydrogen-bond donors (Lipinski definition) is 2. The largest absolute Gasteiger partial charge is 0.375 e. The molecular weight excluding hydrogens is 272 g/mol. The number of thiazole rings is 1. The molecule has 1 aromatic heterocycles. The van der Waals surface area contributed by atoms with Crippen molar-refractivity contribution in [2.24, 2.45) is 5.10 Å². The molecule has 1 amide bonds. The zero-order valence-electron chi connectivity index (χ0n) is 11.4. The molecule has 3 N–H and O–H groups in total. The molecule has 0 spiro atoms. The molecule has 1 aromatic carbocycles. The van der Waals surface area contributed by atoms with Crippen molar-refractivity contribution in [3.05, 3.63) is 46.0 Å². The number of aromatic nitrogens is 1. The van der Waals surface area contributed by atoms with E-state index in [1.165, 1.54) is 11.3 Å². The van der Waals surface area contributed by atoms with Gasteiger partial charge in [-0.2, -0.15) is 5.10 Å². The van der Waals surface area contributed by atoms with Crippen molar-refractivity contribution in [1.82, 2.24) is 10.4 Å². The number of anilines is 1. The van der Waals surface area contributed by atoms with Gasteiger partial charge in [0.2, 0.25) is 0 Å². The number of nitrogen functional groups attached to an aromatic ring is 1. The second-order valence-corrected chi connectivity index (χ2v) is 5.33. The first kappa shape index (κ1) is 14.2. The molecule has 0 aliphatic heterocycles. The zero-order valence-corrected chi connectivity index (χ0v) is 12.2. The fourth-order valence-corrected chi connectivity index (χ4v) is 2.56. The van der Waals surface area contributed by atoms with Gasteiger partial charge >= 0.3 is 0 Å². The monoisotopic (exact) mass is 288 g/mol. The van der Waals surface area contributed by atoms with E-state index in [1.807, 2.05) is 38.1 Å². The molecule has 0 atom stereocenters. The van der Waals surface area contributed by atoms with Gasteiger partial charge in [0, 0.05) is 0 Å². The summed E-state index contributed by atoms with van der Waals surface area (Å²) in [6.07, 6.45) is 2.28. The van der Waals surface area contributed by atoms with Gasteiger partial charge < -0.3 is 5.73 Å². The van der Waals surface area contributed by atoms with Crippen molar-refractivity contribution in [2.45, 2.75) is 20.3 Å². The van der Waals surface area contributed by atoms with E-state index < -0.39 is 0 Å². The second-order valence-electron chi connectivity index (χ2n) is 4.29. The Morgan fingerprint density at radius 2 is 2.35 bits per heavy atom. The van der Waals surface area contributed by atoms with Crippen molar-refractivity contribution >= 4 is 28.6 Å². The molecule has 0 bridgehead atoms. The van der Waals surface area contributed by atoms with Crippen LogP contribution in [0.2, 0.25) is 0 Å². The lowest BCUT2D eigenvalue weighted by molar-refractivity contribution is 0.0958. The van der Waals surface area contributed by atoms with Crippen LogP contribution in [0.4, 0.5) is 5.13 Å². The van der Waals surface area contributed by atoms with Crippen LogP contribution in [0, 0.1) is 6.92 Å². The molecule has 0 fully saturated rings. The molecule has 0 saturated heterocycles. The summed E-state index contributed by atoms with van der Waals surface area (Å²) in [6, 6.07) is 7.85. The highest BCUT2D eigenvalue weighted by Crippen LogP contribution is 2.20. The zero-order chi connectivity index (χ0) is 14.5. The summed E-state index contributed by atoms with van der Waals surface area (Å²) in [5, 5.41) is 4.36. The lowest BCUT2D eigenvalue weighted by Gasteiger charge is -1.99. The van der Waals surface area contributed by atoms with Gasteiger partial charge in [-0.1, -0.05) is 48.1 Å². The number of benzene rings is 1. The summed E-state index contributed by atoms with van der Waals surface area (Å²) in [5.41, 5.74) is 10.9. The normalized spacial score (nSPS) is 10.9. The van der Waals surface area contributed by atoms with Gasteiger partial charge in [-0.15, -0.1) is 0 Å². The van der Waals surface area contributed by atoms with Gasteiger partial charge in [-0.3, -0.25) is 4.79 Å². The van der Waals surface area contributed by atoms with Crippen molar-refractivity contribution in [3.8, 4) is 0 Å². The maximum Gasteiger partial charge on any atom is 0.283 e. The maximum atomic E-state index is 12.0. The number of hydrogen-bond acceptors (Lipinski definition) is 5. The Bertz CT molecular complexity index is 648. The predicted molar refractivity (Wildman–Crippen MR) is 82.1 cm³/mol. The van der Waals surface area contributed by atoms with E-state index in [-0.39, 0.29) is 5.91 Å². The van der Waals surface area contributed by atoms with Crippen LogP contribution in [0.15, 0.2) is 29.4 Å². The van der Waals surface area contributed by atoms with Crippen LogP contribution in [-0.2, 0) is 6.42 Å². The molecule has 0 radical (unpaired) electrons. The molecule has 2 rings (SSSR count). The molecule has 2 aromatic rings. The van der Waals surface area contributed by atoms with Gasteiger partial charge in [0.25, 0.3) is 5.91 Å². The Morgan fingerprint density at radius 3 is 3.05 bits per heavy atom. The van der Waals surface area contributed by atoms with Gasteiger partial charge in [0.1, 0.15) is 4.88 Å². The maximum absolute atomic E-state index is 12.0. The third kappa shape index (κ3) is 3.42. The number of aryl methyl sites for hydroxylation is 2. The van der Waals surface area contributed by atoms with Crippen LogP contribution in [-0.4, -0.2) is 17.1 Å². The molecule has 6 heteroatoms. The molecule has 20 heavy (non-hydrogen) atoms. The van der Waals surface area contributed by atoms with Gasteiger partial charge in [0.15, 0.2) is 5.13 Å². The van der Waals surface area contributed by atoms with Crippen LogP contribution in [0.1, 0.15) is 33.4 Å².